The SMILES string of the molecule is COc1cccc2c1C2c1cccc(F)c1NCC(C)(N)N.Cc1ccccc1C(F)(F)F. The van der Waals surface area contributed by atoms with Crippen molar-refractivity contribution in [3.63, 3.8) is 0 Å². The van der Waals surface area contributed by atoms with Crippen LogP contribution in [0.4, 0.5) is 23.2 Å². The lowest BCUT2D eigenvalue weighted by molar-refractivity contribution is -0.138. The molecule has 0 saturated heterocycles. The van der Waals surface area contributed by atoms with Gasteiger partial charge in [0.1, 0.15) is 11.6 Å². The molecule has 4 rings (SSSR count). The molecule has 33 heavy (non-hydrogen) atoms. The van der Waals surface area contributed by atoms with Gasteiger partial charge in [-0.1, -0.05) is 42.5 Å². The minimum Gasteiger partial charge on any atom is -0.496 e. The van der Waals surface area contributed by atoms with E-state index in [1.807, 2.05) is 24.3 Å². The standard InChI is InChI=1S/C17H20FN3O.C8H7F3/c1-17(19,20)9-21-16-11(6-3-7-12(16)18)14-10-5-4-8-13(22-2)15(10)14;1-6-4-2-3-5-7(6)8(9,10)11/h3-8,14,21H,9,19-20H2,1-2H3;2-5H,1H3. The molecule has 0 saturated carbocycles. The number of hydrogen-bond acceptors (Lipinski definition) is 4. The zero-order valence-corrected chi connectivity index (χ0v) is 18.6. The Kier molecular flexibility index (Phi) is 7.00. The maximum absolute atomic E-state index is 14.2. The molecule has 1 unspecified atom stereocenters. The molecule has 3 aromatic rings. The number of nitrogens with two attached hydrogens (primary N) is 2. The number of ether oxygens (including phenoxy) is 1. The van der Waals surface area contributed by atoms with Gasteiger partial charge in [0.2, 0.25) is 0 Å². The zero-order chi connectivity index (χ0) is 24.4. The van der Waals surface area contributed by atoms with Gasteiger partial charge < -0.3 is 21.5 Å². The van der Waals surface area contributed by atoms with Gasteiger partial charge in [-0.3, -0.25) is 0 Å². The molecule has 0 bridgehead atoms. The number of methoxy groups -OCH3 is 1. The monoisotopic (exact) mass is 461 g/mol. The quantitative estimate of drug-likeness (QED) is 0.275. The van der Waals surface area contributed by atoms with Crippen LogP contribution in [0.1, 0.15) is 40.7 Å². The molecule has 1 atom stereocenters. The maximum atomic E-state index is 14.2. The fraction of sp³-hybridized carbons (Fsp3) is 0.280. The molecule has 8 heteroatoms. The molecule has 0 aliphatic heterocycles. The number of rotatable bonds is 5. The van der Waals surface area contributed by atoms with Gasteiger partial charge >= 0.3 is 6.18 Å². The highest BCUT2D eigenvalue weighted by Gasteiger charge is 2.39. The molecule has 4 nitrogen and oxygen atoms in total. The van der Waals surface area contributed by atoms with Crippen molar-refractivity contribution in [1.82, 2.24) is 0 Å². The largest absolute Gasteiger partial charge is 0.496 e. The number of aryl methyl sites for hydroxylation is 1. The number of para-hydroxylation sites is 1. The first-order valence-corrected chi connectivity index (χ1v) is 10.3. The van der Waals surface area contributed by atoms with E-state index >= 15 is 0 Å². The van der Waals surface area contributed by atoms with Crippen molar-refractivity contribution in [2.24, 2.45) is 11.5 Å². The smallest absolute Gasteiger partial charge is 0.416 e. The third-order valence-corrected chi connectivity index (χ3v) is 5.29. The number of halogens is 4. The first-order valence-electron chi connectivity index (χ1n) is 10.3. The Morgan fingerprint density at radius 3 is 2.15 bits per heavy atom. The normalized spacial score (nSPS) is 14.6. The molecular formula is C25H27F4N3O. The molecule has 0 heterocycles. The molecule has 176 valence electrons. The highest BCUT2D eigenvalue weighted by Crippen LogP contribution is 2.55. The summed E-state index contributed by atoms with van der Waals surface area (Å²) in [6.45, 7) is 3.42. The van der Waals surface area contributed by atoms with Gasteiger partial charge in [-0.25, -0.2) is 4.39 Å². The fourth-order valence-electron chi connectivity index (χ4n) is 3.68. The summed E-state index contributed by atoms with van der Waals surface area (Å²) >= 11 is 0. The number of hydrogen-bond donors (Lipinski definition) is 3. The van der Waals surface area contributed by atoms with Crippen molar-refractivity contribution < 1.29 is 22.3 Å². The predicted octanol–water partition coefficient (Wildman–Crippen LogP) is 5.39. The van der Waals surface area contributed by atoms with E-state index in [1.54, 1.807) is 26.2 Å². The van der Waals surface area contributed by atoms with Crippen LogP contribution in [-0.2, 0) is 6.18 Å². The maximum Gasteiger partial charge on any atom is 0.416 e. The third-order valence-electron chi connectivity index (χ3n) is 5.29. The van der Waals surface area contributed by atoms with Crippen LogP contribution < -0.4 is 21.5 Å². The molecule has 1 aliphatic rings. The predicted molar refractivity (Wildman–Crippen MR) is 122 cm³/mol. The number of nitrogens with one attached hydrogen (secondary N) is 1. The van der Waals surface area contributed by atoms with Crippen molar-refractivity contribution in [3.05, 3.63) is 94.3 Å². The van der Waals surface area contributed by atoms with Gasteiger partial charge in [-0.15, -0.1) is 0 Å². The van der Waals surface area contributed by atoms with Gasteiger partial charge in [0, 0.05) is 18.0 Å². The van der Waals surface area contributed by atoms with E-state index in [0.717, 1.165) is 28.5 Å². The minimum absolute atomic E-state index is 0.0601. The highest BCUT2D eigenvalue weighted by molar-refractivity contribution is 5.71. The summed E-state index contributed by atoms with van der Waals surface area (Å²) in [5, 5.41) is 3.05. The molecule has 3 aromatic carbocycles. The van der Waals surface area contributed by atoms with Gasteiger partial charge in [0.25, 0.3) is 0 Å². The molecule has 0 radical (unpaired) electrons. The van der Waals surface area contributed by atoms with Gasteiger partial charge in [-0.2, -0.15) is 13.2 Å². The zero-order valence-electron chi connectivity index (χ0n) is 18.6. The molecule has 0 spiro atoms. The average Bonchev–Trinajstić information content (AvgIpc) is 3.46. The van der Waals surface area contributed by atoms with Crippen LogP contribution >= 0.6 is 0 Å². The van der Waals surface area contributed by atoms with E-state index in [-0.39, 0.29) is 23.8 Å². The summed E-state index contributed by atoms with van der Waals surface area (Å²) in [5.41, 5.74) is 14.0. The fourth-order valence-corrected chi connectivity index (χ4v) is 3.68. The Labute approximate surface area is 190 Å². The van der Waals surface area contributed by atoms with E-state index in [1.165, 1.54) is 25.1 Å². The van der Waals surface area contributed by atoms with Crippen molar-refractivity contribution in [2.75, 3.05) is 19.0 Å². The van der Waals surface area contributed by atoms with E-state index in [0.29, 0.717) is 5.69 Å². The van der Waals surface area contributed by atoms with Crippen molar-refractivity contribution >= 4 is 5.69 Å². The molecule has 0 fully saturated rings. The number of fused-ring (bicyclic) bond motifs is 1. The summed E-state index contributed by atoms with van der Waals surface area (Å²) in [6.07, 6.45) is -4.22. The summed E-state index contributed by atoms with van der Waals surface area (Å²) in [5.74, 6) is 0.587. The summed E-state index contributed by atoms with van der Waals surface area (Å²) in [7, 11) is 1.64. The summed E-state index contributed by atoms with van der Waals surface area (Å²) in [6, 6.07) is 16.5. The lowest BCUT2D eigenvalue weighted by Gasteiger charge is -2.21. The van der Waals surface area contributed by atoms with Crippen LogP contribution in [0.25, 0.3) is 0 Å². The molecular weight excluding hydrogens is 434 g/mol. The van der Waals surface area contributed by atoms with Crippen LogP contribution in [0.3, 0.4) is 0 Å². The first kappa shape index (κ1) is 24.5. The minimum atomic E-state index is -4.22. The second-order valence-corrected chi connectivity index (χ2v) is 8.27. The number of anilines is 1. The lowest BCUT2D eigenvalue weighted by atomic mass is 10.0. The van der Waals surface area contributed by atoms with Gasteiger partial charge in [0.15, 0.2) is 0 Å². The second-order valence-electron chi connectivity index (χ2n) is 8.27. The Morgan fingerprint density at radius 1 is 0.939 bits per heavy atom. The summed E-state index contributed by atoms with van der Waals surface area (Å²) < 4.78 is 55.8. The lowest BCUT2D eigenvalue weighted by Crippen LogP contribution is -2.51. The Morgan fingerprint density at radius 2 is 1.58 bits per heavy atom. The van der Waals surface area contributed by atoms with Gasteiger partial charge in [-0.05, 0) is 48.7 Å². The van der Waals surface area contributed by atoms with Crippen molar-refractivity contribution in [1.29, 1.82) is 0 Å². The van der Waals surface area contributed by atoms with Crippen LogP contribution in [0.15, 0.2) is 60.7 Å². The summed E-state index contributed by atoms with van der Waals surface area (Å²) in [4.78, 5) is 0. The van der Waals surface area contributed by atoms with Crippen molar-refractivity contribution in [3.8, 4) is 5.75 Å². The average molecular weight is 462 g/mol. The van der Waals surface area contributed by atoms with Crippen LogP contribution in [-0.4, -0.2) is 19.3 Å². The van der Waals surface area contributed by atoms with Crippen LogP contribution in [0.5, 0.6) is 5.75 Å². The topological polar surface area (TPSA) is 73.3 Å². The molecule has 0 aromatic heterocycles. The highest BCUT2D eigenvalue weighted by atomic mass is 19.4. The first-order chi connectivity index (χ1) is 15.4. The number of alkyl halides is 3. The number of benzene rings is 3. The van der Waals surface area contributed by atoms with E-state index < -0.39 is 17.4 Å². The molecule has 0 amide bonds. The third kappa shape index (κ3) is 5.83. The second kappa shape index (κ2) is 9.41. The van der Waals surface area contributed by atoms with Crippen LogP contribution in [0.2, 0.25) is 0 Å². The van der Waals surface area contributed by atoms with Gasteiger partial charge in [0.05, 0.1) is 24.0 Å². The van der Waals surface area contributed by atoms with E-state index in [9.17, 15) is 17.6 Å². The Balaban J connectivity index is 0.000000235. The molecule has 1 aliphatic carbocycles. The molecule has 5 N–H and O–H groups in total. The van der Waals surface area contributed by atoms with E-state index in [2.05, 4.69) is 5.32 Å². The van der Waals surface area contributed by atoms with Crippen LogP contribution in [0, 0.1) is 12.7 Å². The van der Waals surface area contributed by atoms with E-state index in [4.69, 9.17) is 16.2 Å². The Bertz CT molecular complexity index is 1120. The Hall–Kier alpha value is -3.10. The van der Waals surface area contributed by atoms with Crippen molar-refractivity contribution in [2.45, 2.75) is 31.6 Å².